The Kier molecular flexibility index (Phi) is 6.02. The molecule has 158 valence electrons. The smallest absolute Gasteiger partial charge is 0.274 e. The van der Waals surface area contributed by atoms with Crippen LogP contribution in [0.25, 0.3) is 0 Å². The number of carbonyl (C=O) groups excluding carboxylic acids is 1. The first kappa shape index (κ1) is 20.5. The number of fused-ring (bicyclic) bond motifs is 1. The number of amides is 1. The second-order valence-electron chi connectivity index (χ2n) is 6.92. The minimum atomic E-state index is -3.49. The highest BCUT2D eigenvalue weighted by Crippen LogP contribution is 2.25. The fourth-order valence-electron chi connectivity index (χ4n) is 3.66. The van der Waals surface area contributed by atoms with Crippen molar-refractivity contribution in [3.8, 4) is 0 Å². The van der Waals surface area contributed by atoms with E-state index in [-0.39, 0.29) is 19.0 Å². The highest BCUT2D eigenvalue weighted by molar-refractivity contribution is 7.91. The van der Waals surface area contributed by atoms with E-state index in [4.69, 9.17) is 9.47 Å². The summed E-state index contributed by atoms with van der Waals surface area (Å²) in [5.41, 5.74) is 2.27. The second kappa shape index (κ2) is 8.52. The largest absolute Gasteiger partial charge is 0.383 e. The van der Waals surface area contributed by atoms with Crippen molar-refractivity contribution in [2.24, 2.45) is 0 Å². The minimum Gasteiger partial charge on any atom is -0.383 e. The summed E-state index contributed by atoms with van der Waals surface area (Å²) in [5, 5.41) is 6.30. The number of rotatable bonds is 6. The first-order valence-corrected chi connectivity index (χ1v) is 11.8. The van der Waals surface area contributed by atoms with Crippen LogP contribution in [0.4, 0.5) is 0 Å². The molecular weight excluding hydrogens is 416 g/mol. The number of thiophene rings is 1. The molecule has 11 heteroatoms. The molecule has 0 radical (unpaired) electrons. The van der Waals surface area contributed by atoms with E-state index in [0.717, 1.165) is 11.3 Å². The first-order chi connectivity index (χ1) is 14.0. The van der Waals surface area contributed by atoms with E-state index in [2.05, 4.69) is 5.10 Å². The average molecular weight is 441 g/mol. The van der Waals surface area contributed by atoms with Crippen molar-refractivity contribution < 1.29 is 22.7 Å². The summed E-state index contributed by atoms with van der Waals surface area (Å²) in [6.07, 6.45) is 0.714. The quantitative estimate of drug-likeness (QED) is 0.660. The van der Waals surface area contributed by atoms with Gasteiger partial charge in [0.1, 0.15) is 4.21 Å². The number of hydrogen-bond donors (Lipinski definition) is 0. The van der Waals surface area contributed by atoms with E-state index >= 15 is 0 Å². The zero-order valence-electron chi connectivity index (χ0n) is 16.2. The molecule has 2 aliphatic rings. The zero-order chi connectivity index (χ0) is 20.4. The third kappa shape index (κ3) is 3.97. The summed E-state index contributed by atoms with van der Waals surface area (Å²) < 4.78 is 39.7. The van der Waals surface area contributed by atoms with Crippen LogP contribution in [0.5, 0.6) is 0 Å². The molecule has 9 nitrogen and oxygen atoms in total. The van der Waals surface area contributed by atoms with E-state index in [1.807, 2.05) is 4.68 Å². The molecule has 0 unspecified atom stereocenters. The molecule has 1 fully saturated rings. The van der Waals surface area contributed by atoms with E-state index in [0.29, 0.717) is 55.8 Å². The molecule has 0 aromatic carbocycles. The van der Waals surface area contributed by atoms with E-state index < -0.39 is 10.0 Å². The maximum Gasteiger partial charge on any atom is 0.274 e. The van der Waals surface area contributed by atoms with Gasteiger partial charge in [0.25, 0.3) is 15.9 Å². The lowest BCUT2D eigenvalue weighted by Gasteiger charge is -2.33. The predicted molar refractivity (Wildman–Crippen MR) is 106 cm³/mol. The zero-order valence-corrected chi connectivity index (χ0v) is 17.9. The van der Waals surface area contributed by atoms with Crippen molar-refractivity contribution in [1.29, 1.82) is 0 Å². The molecule has 2 aromatic rings. The summed E-state index contributed by atoms with van der Waals surface area (Å²) in [6.45, 7) is 3.30. The number of methoxy groups -OCH3 is 1. The summed E-state index contributed by atoms with van der Waals surface area (Å²) in [6, 6.07) is 3.33. The van der Waals surface area contributed by atoms with Gasteiger partial charge in [-0.1, -0.05) is 6.07 Å². The Morgan fingerprint density at radius 3 is 2.79 bits per heavy atom. The van der Waals surface area contributed by atoms with Crippen molar-refractivity contribution in [3.63, 3.8) is 0 Å². The molecule has 29 heavy (non-hydrogen) atoms. The minimum absolute atomic E-state index is 0.170. The summed E-state index contributed by atoms with van der Waals surface area (Å²) >= 11 is 1.21. The standard InChI is InChI=1S/C18H24N4O5S2/c1-26-11-9-22-15-4-10-27-13-14(15)17(19-22)18(23)20-5-7-21(8-6-20)29(24,25)16-3-2-12-28-16/h2-3,12H,4-11,13H2,1H3. The van der Waals surface area contributed by atoms with Gasteiger partial charge >= 0.3 is 0 Å². The predicted octanol–water partition coefficient (Wildman–Crippen LogP) is 0.810. The topological polar surface area (TPSA) is 94.0 Å². The fourth-order valence-corrected chi connectivity index (χ4v) is 6.23. The Hall–Kier alpha value is -1.79. The van der Waals surface area contributed by atoms with Crippen LogP contribution in [-0.2, 0) is 39.1 Å². The number of piperazine rings is 1. The molecule has 1 saturated heterocycles. The van der Waals surface area contributed by atoms with Gasteiger partial charge in [-0.2, -0.15) is 9.40 Å². The van der Waals surface area contributed by atoms with Gasteiger partial charge in [0, 0.05) is 51.0 Å². The normalized spacial score (nSPS) is 18.0. The Morgan fingerprint density at radius 1 is 1.31 bits per heavy atom. The number of sulfonamides is 1. The summed E-state index contributed by atoms with van der Waals surface area (Å²) in [4.78, 5) is 14.8. The third-order valence-corrected chi connectivity index (χ3v) is 8.49. The van der Waals surface area contributed by atoms with Crippen LogP contribution in [0, 0.1) is 0 Å². The Balaban J connectivity index is 1.48. The van der Waals surface area contributed by atoms with Gasteiger partial charge in [-0.15, -0.1) is 11.3 Å². The maximum absolute atomic E-state index is 13.1. The molecule has 4 heterocycles. The maximum atomic E-state index is 13.1. The molecule has 0 spiro atoms. The number of nitrogens with zero attached hydrogens (tertiary/aromatic N) is 4. The van der Waals surface area contributed by atoms with Gasteiger partial charge in [0.05, 0.1) is 26.4 Å². The van der Waals surface area contributed by atoms with E-state index in [1.165, 1.54) is 15.6 Å². The first-order valence-electron chi connectivity index (χ1n) is 9.50. The van der Waals surface area contributed by atoms with Crippen LogP contribution >= 0.6 is 11.3 Å². The Morgan fingerprint density at radius 2 is 2.10 bits per heavy atom. The average Bonchev–Trinajstić information content (AvgIpc) is 3.41. The van der Waals surface area contributed by atoms with Crippen molar-refractivity contribution >= 4 is 27.3 Å². The van der Waals surface area contributed by atoms with Gasteiger partial charge in [-0.05, 0) is 11.4 Å². The number of carbonyl (C=O) groups is 1. The second-order valence-corrected chi connectivity index (χ2v) is 10.0. The highest BCUT2D eigenvalue weighted by atomic mass is 32.2. The van der Waals surface area contributed by atoms with Crippen LogP contribution in [0.3, 0.4) is 0 Å². The molecule has 2 aliphatic heterocycles. The van der Waals surface area contributed by atoms with E-state index in [9.17, 15) is 13.2 Å². The lowest BCUT2D eigenvalue weighted by atomic mass is 10.1. The molecule has 0 atom stereocenters. The van der Waals surface area contributed by atoms with Crippen LogP contribution in [0.15, 0.2) is 21.7 Å². The van der Waals surface area contributed by atoms with Gasteiger partial charge in [0.15, 0.2) is 5.69 Å². The Bertz CT molecular complexity index is 963. The molecule has 0 N–H and O–H groups in total. The van der Waals surface area contributed by atoms with Crippen molar-refractivity contribution in [2.45, 2.75) is 23.8 Å². The lowest BCUT2D eigenvalue weighted by molar-refractivity contribution is 0.0680. The van der Waals surface area contributed by atoms with Gasteiger partial charge in [-0.3, -0.25) is 9.48 Å². The van der Waals surface area contributed by atoms with Gasteiger partial charge < -0.3 is 14.4 Å². The van der Waals surface area contributed by atoms with Crippen molar-refractivity contribution in [2.75, 3.05) is 46.5 Å². The number of ether oxygens (including phenoxy) is 2. The fraction of sp³-hybridized carbons (Fsp3) is 0.556. The Labute approximate surface area is 173 Å². The van der Waals surface area contributed by atoms with Crippen LogP contribution in [-0.4, -0.2) is 79.8 Å². The van der Waals surface area contributed by atoms with Crippen LogP contribution in [0.1, 0.15) is 21.7 Å². The third-order valence-electron chi connectivity index (χ3n) is 5.22. The van der Waals surface area contributed by atoms with Crippen LogP contribution < -0.4 is 0 Å². The monoisotopic (exact) mass is 440 g/mol. The molecule has 2 aromatic heterocycles. The molecular formula is C18H24N4O5S2. The summed E-state index contributed by atoms with van der Waals surface area (Å²) in [5.74, 6) is -0.170. The molecule has 0 bridgehead atoms. The highest BCUT2D eigenvalue weighted by Gasteiger charge is 2.33. The summed E-state index contributed by atoms with van der Waals surface area (Å²) in [7, 11) is -1.86. The molecule has 0 saturated carbocycles. The molecule has 1 amide bonds. The molecule has 0 aliphatic carbocycles. The van der Waals surface area contributed by atoms with E-state index in [1.54, 1.807) is 29.5 Å². The van der Waals surface area contributed by atoms with Gasteiger partial charge in [-0.25, -0.2) is 8.42 Å². The van der Waals surface area contributed by atoms with Gasteiger partial charge in [0.2, 0.25) is 0 Å². The number of aromatic nitrogens is 2. The number of hydrogen-bond acceptors (Lipinski definition) is 7. The lowest BCUT2D eigenvalue weighted by Crippen LogP contribution is -2.50. The van der Waals surface area contributed by atoms with Crippen molar-refractivity contribution in [1.82, 2.24) is 19.0 Å². The molecule has 4 rings (SSSR count). The van der Waals surface area contributed by atoms with Crippen molar-refractivity contribution in [3.05, 3.63) is 34.5 Å². The van der Waals surface area contributed by atoms with Crippen LogP contribution in [0.2, 0.25) is 0 Å². The SMILES string of the molecule is COCCn1nc(C(=O)N2CCN(S(=O)(=O)c3cccs3)CC2)c2c1CCOC2.